The summed E-state index contributed by atoms with van der Waals surface area (Å²) in [4.78, 5) is 4.19. The molecule has 2 heterocycles. The van der Waals surface area contributed by atoms with Gasteiger partial charge < -0.3 is 8.92 Å². The van der Waals surface area contributed by atoms with Crippen LogP contribution in [-0.2, 0) is 14.9 Å². The first-order chi connectivity index (χ1) is 10.1. The highest BCUT2D eigenvalue weighted by molar-refractivity contribution is 7.87. The lowest BCUT2D eigenvalue weighted by Crippen LogP contribution is -2.30. The van der Waals surface area contributed by atoms with Crippen LogP contribution < -0.4 is 4.18 Å². The maximum atomic E-state index is 12.2. The summed E-state index contributed by atoms with van der Waals surface area (Å²) in [5.41, 5.74) is 0.549. The van der Waals surface area contributed by atoms with E-state index in [9.17, 15) is 8.42 Å². The van der Waals surface area contributed by atoms with Gasteiger partial charge in [-0.05, 0) is 31.4 Å². The minimum atomic E-state index is -3.69. The molecule has 2 aromatic rings. The van der Waals surface area contributed by atoms with Crippen LogP contribution in [0, 0.1) is 0 Å². The van der Waals surface area contributed by atoms with Crippen molar-refractivity contribution in [2.24, 2.45) is 0 Å². The standard InChI is InChI=1S/C15H17NO4S/c17-21(18,11-13-7-1-2-10-19-13)20-14-8-3-5-12-6-4-9-16-15(12)14/h3-6,8-9,13H,1-2,7,10-11H2. The van der Waals surface area contributed by atoms with E-state index >= 15 is 0 Å². The van der Waals surface area contributed by atoms with Crippen molar-refractivity contribution in [3.8, 4) is 5.75 Å². The van der Waals surface area contributed by atoms with Crippen molar-refractivity contribution < 1.29 is 17.3 Å². The summed E-state index contributed by atoms with van der Waals surface area (Å²) in [7, 11) is -3.69. The molecule has 1 aromatic heterocycles. The number of rotatable bonds is 4. The second kappa shape index (κ2) is 5.99. The Morgan fingerprint density at radius 3 is 2.90 bits per heavy atom. The zero-order valence-electron chi connectivity index (χ0n) is 11.6. The minimum absolute atomic E-state index is 0.115. The molecule has 0 radical (unpaired) electrons. The molecule has 1 fully saturated rings. The van der Waals surface area contributed by atoms with E-state index in [2.05, 4.69) is 4.98 Å². The topological polar surface area (TPSA) is 65.5 Å². The predicted octanol–water partition coefficient (Wildman–Crippen LogP) is 2.51. The largest absolute Gasteiger partial charge is 0.380 e. The van der Waals surface area contributed by atoms with Crippen molar-refractivity contribution in [2.45, 2.75) is 25.4 Å². The maximum Gasteiger partial charge on any atom is 0.311 e. The zero-order valence-corrected chi connectivity index (χ0v) is 12.4. The number of hydrogen-bond donors (Lipinski definition) is 0. The van der Waals surface area contributed by atoms with Gasteiger partial charge in [0.25, 0.3) is 0 Å². The summed E-state index contributed by atoms with van der Waals surface area (Å²) in [6.45, 7) is 0.621. The Balaban J connectivity index is 1.80. The molecular formula is C15H17NO4S. The Morgan fingerprint density at radius 2 is 2.10 bits per heavy atom. The number of pyridine rings is 1. The van der Waals surface area contributed by atoms with Gasteiger partial charge in [-0.3, -0.25) is 4.98 Å². The second-order valence-corrected chi connectivity index (χ2v) is 6.74. The molecule has 6 heteroatoms. The van der Waals surface area contributed by atoms with E-state index < -0.39 is 10.1 Å². The third-order valence-corrected chi connectivity index (χ3v) is 4.69. The van der Waals surface area contributed by atoms with Gasteiger partial charge in [-0.1, -0.05) is 18.2 Å². The van der Waals surface area contributed by atoms with E-state index in [4.69, 9.17) is 8.92 Å². The summed E-state index contributed by atoms with van der Waals surface area (Å²) >= 11 is 0. The number of ether oxygens (including phenoxy) is 1. The normalized spacial score (nSPS) is 19.5. The van der Waals surface area contributed by atoms with Gasteiger partial charge in [0.15, 0.2) is 5.75 Å². The van der Waals surface area contributed by atoms with Crippen LogP contribution in [0.1, 0.15) is 19.3 Å². The lowest BCUT2D eigenvalue weighted by atomic mass is 10.1. The Bertz CT molecular complexity index is 718. The predicted molar refractivity (Wildman–Crippen MR) is 79.7 cm³/mol. The van der Waals surface area contributed by atoms with Crippen LogP contribution in [0.3, 0.4) is 0 Å². The molecule has 21 heavy (non-hydrogen) atoms. The number of benzene rings is 1. The van der Waals surface area contributed by atoms with E-state index in [-0.39, 0.29) is 17.6 Å². The fourth-order valence-corrected chi connectivity index (χ4v) is 3.68. The van der Waals surface area contributed by atoms with Crippen molar-refractivity contribution >= 4 is 21.0 Å². The summed E-state index contributed by atoms with van der Waals surface area (Å²) < 4.78 is 35.1. The third-order valence-electron chi connectivity index (χ3n) is 3.48. The molecule has 1 aliphatic heterocycles. The van der Waals surface area contributed by atoms with E-state index in [0.717, 1.165) is 24.6 Å². The molecule has 1 aliphatic rings. The molecule has 3 rings (SSSR count). The lowest BCUT2D eigenvalue weighted by molar-refractivity contribution is 0.0298. The Labute approximate surface area is 124 Å². The molecule has 0 aliphatic carbocycles. The van der Waals surface area contributed by atoms with Crippen LogP contribution in [0.15, 0.2) is 36.5 Å². The minimum Gasteiger partial charge on any atom is -0.380 e. The maximum absolute atomic E-state index is 12.2. The number of fused-ring (bicyclic) bond motifs is 1. The lowest BCUT2D eigenvalue weighted by Gasteiger charge is -2.22. The molecule has 1 saturated heterocycles. The van der Waals surface area contributed by atoms with Gasteiger partial charge >= 0.3 is 10.1 Å². The smallest absolute Gasteiger partial charge is 0.311 e. The average Bonchev–Trinajstić information content (AvgIpc) is 2.48. The van der Waals surface area contributed by atoms with E-state index in [1.165, 1.54) is 0 Å². The summed E-state index contributed by atoms with van der Waals surface area (Å²) in [5, 5.41) is 0.846. The van der Waals surface area contributed by atoms with E-state index in [1.807, 2.05) is 12.1 Å². The Kier molecular flexibility index (Phi) is 4.07. The highest BCUT2D eigenvalue weighted by Crippen LogP contribution is 2.25. The summed E-state index contributed by atoms with van der Waals surface area (Å²) in [6.07, 6.45) is 4.09. The summed E-state index contributed by atoms with van der Waals surface area (Å²) in [6, 6.07) is 8.91. The van der Waals surface area contributed by atoms with Crippen LogP contribution in [-0.4, -0.2) is 31.9 Å². The van der Waals surface area contributed by atoms with Gasteiger partial charge in [0.2, 0.25) is 0 Å². The molecular weight excluding hydrogens is 290 g/mol. The van der Waals surface area contributed by atoms with Crippen LogP contribution in [0.4, 0.5) is 0 Å². The van der Waals surface area contributed by atoms with Crippen LogP contribution >= 0.6 is 0 Å². The number of aromatic nitrogens is 1. The van der Waals surface area contributed by atoms with Crippen molar-refractivity contribution in [3.63, 3.8) is 0 Å². The van der Waals surface area contributed by atoms with Crippen LogP contribution in [0.5, 0.6) is 5.75 Å². The van der Waals surface area contributed by atoms with Gasteiger partial charge in [-0.15, -0.1) is 0 Å². The molecule has 0 amide bonds. The fourth-order valence-electron chi connectivity index (χ4n) is 2.48. The van der Waals surface area contributed by atoms with Gasteiger partial charge in [-0.25, -0.2) is 0 Å². The van der Waals surface area contributed by atoms with E-state index in [1.54, 1.807) is 24.4 Å². The molecule has 5 nitrogen and oxygen atoms in total. The fraction of sp³-hybridized carbons (Fsp3) is 0.400. The first-order valence-corrected chi connectivity index (χ1v) is 8.59. The number of hydrogen-bond acceptors (Lipinski definition) is 5. The highest BCUT2D eigenvalue weighted by atomic mass is 32.2. The third kappa shape index (κ3) is 3.51. The number of para-hydroxylation sites is 1. The second-order valence-electron chi connectivity index (χ2n) is 5.13. The summed E-state index contributed by atoms with van der Waals surface area (Å²) in [5.74, 6) is 0.153. The molecule has 0 spiro atoms. The van der Waals surface area contributed by atoms with Crippen molar-refractivity contribution in [2.75, 3.05) is 12.4 Å². The molecule has 112 valence electrons. The van der Waals surface area contributed by atoms with Gasteiger partial charge in [0.05, 0.1) is 6.10 Å². The zero-order chi connectivity index (χ0) is 14.7. The van der Waals surface area contributed by atoms with Gasteiger partial charge in [0.1, 0.15) is 11.3 Å². The molecule has 1 aromatic carbocycles. The van der Waals surface area contributed by atoms with Crippen molar-refractivity contribution in [1.29, 1.82) is 0 Å². The first-order valence-electron chi connectivity index (χ1n) is 7.01. The Hall–Kier alpha value is -1.66. The molecule has 1 unspecified atom stereocenters. The monoisotopic (exact) mass is 307 g/mol. The Morgan fingerprint density at radius 1 is 1.24 bits per heavy atom. The molecule has 0 saturated carbocycles. The van der Waals surface area contributed by atoms with E-state index in [0.29, 0.717) is 12.1 Å². The van der Waals surface area contributed by atoms with Crippen LogP contribution in [0.25, 0.3) is 10.9 Å². The molecule has 1 atom stereocenters. The van der Waals surface area contributed by atoms with Crippen molar-refractivity contribution in [3.05, 3.63) is 36.5 Å². The molecule has 0 N–H and O–H groups in total. The van der Waals surface area contributed by atoms with Crippen molar-refractivity contribution in [1.82, 2.24) is 4.98 Å². The SMILES string of the molecule is O=S(=O)(CC1CCCCO1)Oc1cccc2cccnc12. The van der Waals surface area contributed by atoms with Gasteiger partial charge in [-0.2, -0.15) is 8.42 Å². The van der Waals surface area contributed by atoms with Crippen LogP contribution in [0.2, 0.25) is 0 Å². The quantitative estimate of drug-likeness (QED) is 0.812. The molecule has 0 bridgehead atoms. The first kappa shape index (κ1) is 14.3. The highest BCUT2D eigenvalue weighted by Gasteiger charge is 2.24. The average molecular weight is 307 g/mol. The van der Waals surface area contributed by atoms with Gasteiger partial charge in [0, 0.05) is 18.2 Å². The number of nitrogens with zero attached hydrogens (tertiary/aromatic N) is 1.